The average molecular weight is 409 g/mol. The van der Waals surface area contributed by atoms with E-state index >= 15 is 0 Å². The van der Waals surface area contributed by atoms with Gasteiger partial charge in [-0.25, -0.2) is 0 Å². The molecule has 0 spiro atoms. The first-order chi connectivity index (χ1) is 14.6. The van der Waals surface area contributed by atoms with Crippen molar-refractivity contribution in [2.45, 2.75) is 58.4 Å². The van der Waals surface area contributed by atoms with Gasteiger partial charge in [-0.2, -0.15) is 5.26 Å². The first-order valence-corrected chi connectivity index (χ1v) is 11.2. The van der Waals surface area contributed by atoms with Crippen LogP contribution >= 0.6 is 0 Å². The number of carbonyl (C=O) groups excluding carboxylic acids is 1. The summed E-state index contributed by atoms with van der Waals surface area (Å²) in [6.07, 6.45) is 11.9. The topological polar surface area (TPSA) is 61.1 Å². The van der Waals surface area contributed by atoms with E-state index in [9.17, 15) is 10.1 Å². The van der Waals surface area contributed by atoms with Gasteiger partial charge in [-0.1, -0.05) is 57.2 Å². The summed E-state index contributed by atoms with van der Waals surface area (Å²) in [5.41, 5.74) is 2.21. The third-order valence-electron chi connectivity index (χ3n) is 5.30. The van der Waals surface area contributed by atoms with Gasteiger partial charge in [-0.05, 0) is 45.6 Å². The molecule has 1 aromatic heterocycles. The standard InChI is InChI=1S/C25H36N4O/c1-4-5-6-7-8-11-15-27-25(30)21(19-26)18-22-20-29(17-12-16-28(2)3)24-14-10-9-13-23(22)24/h9-10,13-14,18,20H,4-8,11-12,15-17H2,1-3H3,(H,27,30). The van der Waals surface area contributed by atoms with Crippen molar-refractivity contribution in [3.63, 3.8) is 0 Å². The second-order valence-corrected chi connectivity index (χ2v) is 8.15. The molecule has 0 saturated carbocycles. The van der Waals surface area contributed by atoms with Gasteiger partial charge in [0.2, 0.25) is 0 Å². The maximum Gasteiger partial charge on any atom is 0.261 e. The molecule has 1 N–H and O–H groups in total. The Kier molecular flexibility index (Phi) is 10.2. The highest BCUT2D eigenvalue weighted by atomic mass is 16.1. The lowest BCUT2D eigenvalue weighted by Gasteiger charge is -2.10. The summed E-state index contributed by atoms with van der Waals surface area (Å²) < 4.78 is 2.22. The molecular weight excluding hydrogens is 372 g/mol. The van der Waals surface area contributed by atoms with Crippen molar-refractivity contribution in [2.24, 2.45) is 0 Å². The molecule has 0 aliphatic carbocycles. The lowest BCUT2D eigenvalue weighted by atomic mass is 10.1. The Hall–Kier alpha value is -2.58. The van der Waals surface area contributed by atoms with Crippen LogP contribution in [0.15, 0.2) is 36.0 Å². The molecule has 5 heteroatoms. The number of hydrogen-bond donors (Lipinski definition) is 1. The summed E-state index contributed by atoms with van der Waals surface area (Å²) in [5, 5.41) is 13.5. The number of unbranched alkanes of at least 4 members (excludes halogenated alkanes) is 5. The smallest absolute Gasteiger partial charge is 0.261 e. The minimum absolute atomic E-state index is 0.164. The molecule has 0 saturated heterocycles. The number of aryl methyl sites for hydroxylation is 1. The Morgan fingerprint density at radius 2 is 1.87 bits per heavy atom. The number of para-hydroxylation sites is 1. The van der Waals surface area contributed by atoms with Crippen molar-refractivity contribution in [1.29, 1.82) is 5.26 Å². The molecule has 0 atom stereocenters. The molecule has 2 rings (SSSR count). The van der Waals surface area contributed by atoms with Crippen LogP contribution in [0.5, 0.6) is 0 Å². The first-order valence-electron chi connectivity index (χ1n) is 11.2. The van der Waals surface area contributed by atoms with Crippen LogP contribution in [0.25, 0.3) is 17.0 Å². The predicted molar refractivity (Wildman–Crippen MR) is 125 cm³/mol. The summed E-state index contributed by atoms with van der Waals surface area (Å²) in [7, 11) is 4.15. The zero-order valence-corrected chi connectivity index (χ0v) is 18.8. The average Bonchev–Trinajstić information content (AvgIpc) is 3.08. The van der Waals surface area contributed by atoms with Gasteiger partial charge in [0.15, 0.2) is 0 Å². The van der Waals surface area contributed by atoms with E-state index < -0.39 is 0 Å². The van der Waals surface area contributed by atoms with E-state index in [1.54, 1.807) is 6.08 Å². The number of aromatic nitrogens is 1. The van der Waals surface area contributed by atoms with Crippen LogP contribution < -0.4 is 5.32 Å². The molecule has 0 fully saturated rings. The molecule has 0 aliphatic rings. The lowest BCUT2D eigenvalue weighted by molar-refractivity contribution is -0.117. The van der Waals surface area contributed by atoms with E-state index in [1.165, 1.54) is 25.7 Å². The number of nitrogens with zero attached hydrogens (tertiary/aromatic N) is 3. The Balaban J connectivity index is 2.04. The third-order valence-corrected chi connectivity index (χ3v) is 5.30. The Morgan fingerprint density at radius 3 is 2.60 bits per heavy atom. The predicted octanol–water partition coefficient (Wildman–Crippen LogP) is 4.98. The minimum atomic E-state index is -0.282. The summed E-state index contributed by atoms with van der Waals surface area (Å²) in [5.74, 6) is -0.282. The summed E-state index contributed by atoms with van der Waals surface area (Å²) in [4.78, 5) is 14.7. The maximum atomic E-state index is 12.5. The summed E-state index contributed by atoms with van der Waals surface area (Å²) in [6.45, 7) is 4.74. The monoisotopic (exact) mass is 408 g/mol. The maximum absolute atomic E-state index is 12.5. The Bertz CT molecular complexity index is 873. The minimum Gasteiger partial charge on any atom is -0.351 e. The second kappa shape index (κ2) is 12.9. The molecule has 1 amide bonds. The fraction of sp³-hybridized carbons (Fsp3) is 0.520. The van der Waals surface area contributed by atoms with Gasteiger partial charge in [-0.15, -0.1) is 0 Å². The highest BCUT2D eigenvalue weighted by Crippen LogP contribution is 2.24. The Morgan fingerprint density at radius 1 is 1.13 bits per heavy atom. The number of carbonyl (C=O) groups is 1. The van der Waals surface area contributed by atoms with E-state index in [4.69, 9.17) is 0 Å². The van der Waals surface area contributed by atoms with E-state index in [0.29, 0.717) is 6.54 Å². The van der Waals surface area contributed by atoms with Gasteiger partial charge in [0, 0.05) is 35.8 Å². The van der Waals surface area contributed by atoms with Gasteiger partial charge in [-0.3, -0.25) is 4.79 Å². The van der Waals surface area contributed by atoms with E-state index in [0.717, 1.165) is 48.8 Å². The molecule has 0 aliphatic heterocycles. The zero-order chi connectivity index (χ0) is 21.8. The summed E-state index contributed by atoms with van der Waals surface area (Å²) >= 11 is 0. The second-order valence-electron chi connectivity index (χ2n) is 8.15. The van der Waals surface area contributed by atoms with Crippen LogP contribution in [-0.2, 0) is 11.3 Å². The molecule has 0 unspecified atom stereocenters. The largest absolute Gasteiger partial charge is 0.351 e. The van der Waals surface area contributed by atoms with E-state index in [-0.39, 0.29) is 11.5 Å². The number of nitriles is 1. The Labute approximate surface area is 181 Å². The third kappa shape index (κ3) is 7.35. The van der Waals surface area contributed by atoms with Crippen LogP contribution in [0.2, 0.25) is 0 Å². The zero-order valence-electron chi connectivity index (χ0n) is 18.8. The molecular formula is C25H36N4O. The van der Waals surface area contributed by atoms with Crippen molar-refractivity contribution in [3.8, 4) is 6.07 Å². The number of benzene rings is 1. The number of fused-ring (bicyclic) bond motifs is 1. The quantitative estimate of drug-likeness (QED) is 0.289. The fourth-order valence-corrected chi connectivity index (χ4v) is 3.64. The molecule has 0 bridgehead atoms. The van der Waals surface area contributed by atoms with Crippen molar-refractivity contribution in [1.82, 2.24) is 14.8 Å². The number of hydrogen-bond acceptors (Lipinski definition) is 3. The molecule has 0 radical (unpaired) electrons. The molecule has 1 heterocycles. The normalized spacial score (nSPS) is 11.8. The van der Waals surface area contributed by atoms with Crippen LogP contribution in [0, 0.1) is 11.3 Å². The molecule has 1 aromatic carbocycles. The number of amides is 1. The number of rotatable bonds is 13. The van der Waals surface area contributed by atoms with Crippen LogP contribution in [0.1, 0.15) is 57.4 Å². The summed E-state index contributed by atoms with van der Waals surface area (Å²) in [6, 6.07) is 10.2. The first kappa shape index (κ1) is 23.7. The van der Waals surface area contributed by atoms with Gasteiger partial charge < -0.3 is 14.8 Å². The van der Waals surface area contributed by atoms with Gasteiger partial charge in [0.25, 0.3) is 5.91 Å². The van der Waals surface area contributed by atoms with Gasteiger partial charge in [0.1, 0.15) is 11.6 Å². The fourth-order valence-electron chi connectivity index (χ4n) is 3.64. The van der Waals surface area contributed by atoms with Gasteiger partial charge in [0.05, 0.1) is 0 Å². The van der Waals surface area contributed by atoms with Crippen molar-refractivity contribution in [2.75, 3.05) is 27.2 Å². The van der Waals surface area contributed by atoms with Crippen LogP contribution in [0.4, 0.5) is 0 Å². The lowest BCUT2D eigenvalue weighted by Crippen LogP contribution is -2.25. The van der Waals surface area contributed by atoms with Crippen LogP contribution in [-0.4, -0.2) is 42.6 Å². The SMILES string of the molecule is CCCCCCCCNC(=O)C(C#N)=Cc1cn(CCCN(C)C)c2ccccc12. The molecule has 162 valence electrons. The number of nitrogens with one attached hydrogen (secondary N) is 1. The van der Waals surface area contributed by atoms with E-state index in [1.807, 2.05) is 18.2 Å². The van der Waals surface area contributed by atoms with E-state index in [2.05, 4.69) is 54.1 Å². The molecule has 30 heavy (non-hydrogen) atoms. The van der Waals surface area contributed by atoms with Crippen molar-refractivity contribution in [3.05, 3.63) is 41.6 Å². The highest BCUT2D eigenvalue weighted by molar-refractivity contribution is 6.04. The molecule has 2 aromatic rings. The van der Waals surface area contributed by atoms with Crippen molar-refractivity contribution >= 4 is 22.9 Å². The van der Waals surface area contributed by atoms with Gasteiger partial charge >= 0.3 is 0 Å². The highest BCUT2D eigenvalue weighted by Gasteiger charge is 2.12. The van der Waals surface area contributed by atoms with Crippen LogP contribution in [0.3, 0.4) is 0 Å². The van der Waals surface area contributed by atoms with Crippen molar-refractivity contribution < 1.29 is 4.79 Å². The molecule has 5 nitrogen and oxygen atoms in total.